The molecule has 9 nitrogen and oxygen atoms in total. The van der Waals surface area contributed by atoms with Gasteiger partial charge in [0.2, 0.25) is 5.88 Å². The van der Waals surface area contributed by atoms with Crippen LogP contribution < -0.4 is 10.1 Å². The van der Waals surface area contributed by atoms with Crippen molar-refractivity contribution in [2.24, 2.45) is 0 Å². The molecule has 1 N–H and O–H groups in total. The fourth-order valence-electron chi connectivity index (χ4n) is 2.42. The summed E-state index contributed by atoms with van der Waals surface area (Å²) in [5.41, 5.74) is 2.38. The minimum atomic E-state index is -0.555. The van der Waals surface area contributed by atoms with E-state index in [1.807, 2.05) is 0 Å². The van der Waals surface area contributed by atoms with Crippen molar-refractivity contribution in [3.05, 3.63) is 58.2 Å². The van der Waals surface area contributed by atoms with Gasteiger partial charge in [0, 0.05) is 23.6 Å². The maximum atomic E-state index is 12.7. The lowest BCUT2D eigenvalue weighted by molar-refractivity contribution is 0.0593. The SMILES string of the molecule is COC(=O)c1cnc(Cc2snc(C)c2C(=O)Nc2ccc(OC)nc2)cn1. The molecular weight excluding hydrogens is 382 g/mol. The van der Waals surface area contributed by atoms with Crippen LogP contribution in [0.1, 0.15) is 37.1 Å². The molecule has 0 unspecified atom stereocenters. The number of nitrogens with zero attached hydrogens (tertiary/aromatic N) is 4. The molecule has 0 spiro atoms. The zero-order chi connectivity index (χ0) is 20.1. The largest absolute Gasteiger partial charge is 0.481 e. The van der Waals surface area contributed by atoms with E-state index in [9.17, 15) is 9.59 Å². The first-order chi connectivity index (χ1) is 13.5. The van der Waals surface area contributed by atoms with Crippen LogP contribution in [0, 0.1) is 6.92 Å². The molecule has 3 aromatic rings. The standard InChI is InChI=1S/C18H17N5O4S/c1-10-16(17(24)22-11-4-5-15(26-2)21-7-11)14(28-23-10)6-12-8-20-13(9-19-12)18(25)27-3/h4-5,7-9H,6H2,1-3H3,(H,22,24). The van der Waals surface area contributed by atoms with Crippen LogP contribution in [0.3, 0.4) is 0 Å². The Labute approximate surface area is 164 Å². The van der Waals surface area contributed by atoms with Gasteiger partial charge in [-0.3, -0.25) is 9.78 Å². The van der Waals surface area contributed by atoms with Crippen molar-refractivity contribution < 1.29 is 19.1 Å². The normalized spacial score (nSPS) is 10.4. The first-order valence-corrected chi connectivity index (χ1v) is 8.95. The second kappa shape index (κ2) is 8.53. The lowest BCUT2D eigenvalue weighted by Crippen LogP contribution is -2.15. The Bertz CT molecular complexity index is 986. The van der Waals surface area contributed by atoms with Gasteiger partial charge in [0.05, 0.1) is 49.3 Å². The van der Waals surface area contributed by atoms with E-state index in [2.05, 4.69) is 29.4 Å². The Morgan fingerprint density at radius 2 is 1.93 bits per heavy atom. The summed E-state index contributed by atoms with van der Waals surface area (Å²) >= 11 is 1.23. The maximum Gasteiger partial charge on any atom is 0.358 e. The first-order valence-electron chi connectivity index (χ1n) is 8.17. The number of rotatable bonds is 6. The van der Waals surface area contributed by atoms with Gasteiger partial charge in [0.25, 0.3) is 5.91 Å². The lowest BCUT2D eigenvalue weighted by Gasteiger charge is -2.07. The van der Waals surface area contributed by atoms with Crippen molar-refractivity contribution in [1.29, 1.82) is 0 Å². The lowest BCUT2D eigenvalue weighted by atomic mass is 10.1. The third-order valence-electron chi connectivity index (χ3n) is 3.81. The highest BCUT2D eigenvalue weighted by atomic mass is 32.1. The predicted molar refractivity (Wildman–Crippen MR) is 102 cm³/mol. The topological polar surface area (TPSA) is 116 Å². The number of anilines is 1. The number of ether oxygens (including phenoxy) is 2. The number of hydrogen-bond acceptors (Lipinski definition) is 9. The molecule has 28 heavy (non-hydrogen) atoms. The number of methoxy groups -OCH3 is 2. The van der Waals surface area contributed by atoms with Gasteiger partial charge >= 0.3 is 5.97 Å². The number of pyridine rings is 1. The van der Waals surface area contributed by atoms with Crippen LogP contribution in [-0.2, 0) is 11.2 Å². The van der Waals surface area contributed by atoms with Gasteiger partial charge in [-0.2, -0.15) is 4.37 Å². The third kappa shape index (κ3) is 4.29. The quantitative estimate of drug-likeness (QED) is 0.628. The van der Waals surface area contributed by atoms with E-state index in [0.29, 0.717) is 34.9 Å². The number of nitrogens with one attached hydrogen (secondary N) is 1. The smallest absolute Gasteiger partial charge is 0.358 e. The number of carbonyl (C=O) groups excluding carboxylic acids is 2. The highest BCUT2D eigenvalue weighted by Gasteiger charge is 2.20. The Morgan fingerprint density at radius 1 is 1.11 bits per heavy atom. The summed E-state index contributed by atoms with van der Waals surface area (Å²) in [4.78, 5) is 37.3. The summed E-state index contributed by atoms with van der Waals surface area (Å²) < 4.78 is 13.9. The van der Waals surface area contributed by atoms with Crippen molar-refractivity contribution in [2.45, 2.75) is 13.3 Å². The van der Waals surface area contributed by atoms with Crippen molar-refractivity contribution in [1.82, 2.24) is 19.3 Å². The predicted octanol–water partition coefficient (Wildman–Crippen LogP) is 2.27. The Morgan fingerprint density at radius 3 is 2.54 bits per heavy atom. The second-order valence-electron chi connectivity index (χ2n) is 5.67. The molecule has 0 radical (unpaired) electrons. The summed E-state index contributed by atoms with van der Waals surface area (Å²) in [5.74, 6) is -0.380. The number of aryl methyl sites for hydroxylation is 1. The third-order valence-corrected chi connectivity index (χ3v) is 4.74. The molecule has 10 heteroatoms. The molecule has 0 fully saturated rings. The maximum absolute atomic E-state index is 12.7. The zero-order valence-corrected chi connectivity index (χ0v) is 16.2. The molecule has 3 aromatic heterocycles. The van der Waals surface area contributed by atoms with Crippen LogP contribution in [0.4, 0.5) is 5.69 Å². The van der Waals surface area contributed by atoms with Crippen LogP contribution in [-0.4, -0.2) is 45.4 Å². The van der Waals surface area contributed by atoms with Crippen LogP contribution in [0.5, 0.6) is 5.88 Å². The number of aromatic nitrogens is 4. The van der Waals surface area contributed by atoms with Gasteiger partial charge < -0.3 is 14.8 Å². The molecule has 0 saturated carbocycles. The Balaban J connectivity index is 1.77. The molecule has 144 valence electrons. The van der Waals surface area contributed by atoms with E-state index >= 15 is 0 Å². The molecule has 0 bridgehead atoms. The number of carbonyl (C=O) groups is 2. The molecule has 1 amide bonds. The van der Waals surface area contributed by atoms with Crippen molar-refractivity contribution in [3.8, 4) is 5.88 Å². The molecule has 0 atom stereocenters. The molecule has 0 aliphatic carbocycles. The monoisotopic (exact) mass is 399 g/mol. The number of amides is 1. The number of hydrogen-bond donors (Lipinski definition) is 1. The van der Waals surface area contributed by atoms with Crippen molar-refractivity contribution in [3.63, 3.8) is 0 Å². The van der Waals surface area contributed by atoms with E-state index < -0.39 is 5.97 Å². The van der Waals surface area contributed by atoms with Crippen LogP contribution >= 0.6 is 11.5 Å². The van der Waals surface area contributed by atoms with Crippen LogP contribution in [0.2, 0.25) is 0 Å². The molecule has 0 saturated heterocycles. The van der Waals surface area contributed by atoms with Crippen molar-refractivity contribution >= 4 is 29.1 Å². The van der Waals surface area contributed by atoms with Crippen LogP contribution in [0.25, 0.3) is 0 Å². The van der Waals surface area contributed by atoms with E-state index in [0.717, 1.165) is 4.88 Å². The van der Waals surface area contributed by atoms with Crippen LogP contribution in [0.15, 0.2) is 30.7 Å². The van der Waals surface area contributed by atoms with E-state index in [1.165, 1.54) is 44.3 Å². The average molecular weight is 399 g/mol. The average Bonchev–Trinajstić information content (AvgIpc) is 3.08. The fraction of sp³-hybridized carbons (Fsp3) is 0.222. The molecular formula is C18H17N5O4S. The Kier molecular flexibility index (Phi) is 5.90. The van der Waals surface area contributed by atoms with Crippen molar-refractivity contribution in [2.75, 3.05) is 19.5 Å². The molecule has 0 aliphatic rings. The zero-order valence-electron chi connectivity index (χ0n) is 15.4. The summed E-state index contributed by atoms with van der Waals surface area (Å²) in [6.45, 7) is 1.77. The minimum Gasteiger partial charge on any atom is -0.481 e. The highest BCUT2D eigenvalue weighted by Crippen LogP contribution is 2.23. The molecule has 0 aromatic carbocycles. The van der Waals surface area contributed by atoms with Gasteiger partial charge in [0.15, 0.2) is 5.69 Å². The summed E-state index contributed by atoms with van der Waals surface area (Å²) in [6.07, 6.45) is 4.71. The fourth-order valence-corrected chi connectivity index (χ4v) is 3.30. The number of esters is 1. The minimum absolute atomic E-state index is 0.122. The Hall–Kier alpha value is -3.40. The van der Waals surface area contributed by atoms with Gasteiger partial charge in [-0.1, -0.05) is 0 Å². The van der Waals surface area contributed by atoms with Gasteiger partial charge in [-0.25, -0.2) is 14.8 Å². The van der Waals surface area contributed by atoms with E-state index in [1.54, 1.807) is 19.1 Å². The van der Waals surface area contributed by atoms with E-state index in [4.69, 9.17) is 4.74 Å². The highest BCUT2D eigenvalue weighted by molar-refractivity contribution is 7.06. The molecule has 3 heterocycles. The summed E-state index contributed by atoms with van der Waals surface area (Å²) in [7, 11) is 2.80. The molecule has 0 aliphatic heterocycles. The van der Waals surface area contributed by atoms with E-state index in [-0.39, 0.29) is 11.6 Å². The van der Waals surface area contributed by atoms with Gasteiger partial charge in [-0.05, 0) is 24.5 Å². The molecule has 3 rings (SSSR count). The summed E-state index contributed by atoms with van der Waals surface area (Å²) in [6, 6.07) is 3.36. The van der Waals surface area contributed by atoms with Gasteiger partial charge in [-0.15, -0.1) is 0 Å². The van der Waals surface area contributed by atoms with Gasteiger partial charge in [0.1, 0.15) is 0 Å². The second-order valence-corrected chi connectivity index (χ2v) is 6.53. The first kappa shape index (κ1) is 19.4. The summed E-state index contributed by atoms with van der Waals surface area (Å²) in [5, 5.41) is 2.81.